The molecular weight excluding hydrogens is 284 g/mol. The number of hydrogen-bond acceptors (Lipinski definition) is 3. The number of rotatable bonds is 7. The van der Waals surface area contributed by atoms with Crippen LogP contribution < -0.4 is 5.32 Å². The summed E-state index contributed by atoms with van der Waals surface area (Å²) in [5.41, 5.74) is 2.94. The average molecular weight is 310 g/mol. The molecule has 0 spiro atoms. The number of benzene rings is 1. The van der Waals surface area contributed by atoms with Crippen LogP contribution in [0.1, 0.15) is 42.9 Å². The maximum Gasteiger partial charge on any atom is 0.243 e. The van der Waals surface area contributed by atoms with E-state index in [1.165, 1.54) is 17.1 Å². The van der Waals surface area contributed by atoms with Crippen molar-refractivity contribution in [3.8, 4) is 0 Å². The molecule has 1 aliphatic rings. The van der Waals surface area contributed by atoms with E-state index in [0.717, 1.165) is 29.7 Å². The third kappa shape index (κ3) is 3.84. The number of sulfonamides is 1. The minimum absolute atomic E-state index is 0.450. The van der Waals surface area contributed by atoms with Gasteiger partial charge in [-0.3, -0.25) is 0 Å². The molecule has 1 fully saturated rings. The first-order valence-corrected chi connectivity index (χ1v) is 9.10. The van der Waals surface area contributed by atoms with E-state index >= 15 is 0 Å². The molecule has 4 nitrogen and oxygen atoms in total. The van der Waals surface area contributed by atoms with Gasteiger partial charge in [0.05, 0.1) is 4.90 Å². The van der Waals surface area contributed by atoms with Crippen LogP contribution in [0.25, 0.3) is 0 Å². The number of hydrogen-bond donors (Lipinski definition) is 1. The molecule has 1 aliphatic carbocycles. The molecule has 0 heterocycles. The Labute approximate surface area is 128 Å². The van der Waals surface area contributed by atoms with Crippen LogP contribution in [0.4, 0.5) is 0 Å². The highest BCUT2D eigenvalue weighted by Gasteiger charge is 2.24. The summed E-state index contributed by atoms with van der Waals surface area (Å²) in [6, 6.07) is 4.54. The normalized spacial score (nSPS) is 15.7. The van der Waals surface area contributed by atoms with E-state index in [4.69, 9.17) is 0 Å². The number of aryl methyl sites for hydroxylation is 1. The molecular formula is C16H26N2O2S. The molecule has 0 unspecified atom stereocenters. The van der Waals surface area contributed by atoms with Gasteiger partial charge < -0.3 is 5.32 Å². The second kappa shape index (κ2) is 6.46. The zero-order chi connectivity index (χ0) is 15.6. The van der Waals surface area contributed by atoms with E-state index in [1.54, 1.807) is 7.05 Å². The van der Waals surface area contributed by atoms with E-state index in [-0.39, 0.29) is 0 Å². The van der Waals surface area contributed by atoms with Crippen molar-refractivity contribution in [2.45, 2.75) is 57.5 Å². The predicted octanol–water partition coefficient (Wildman–Crippen LogP) is 2.59. The van der Waals surface area contributed by atoms with Gasteiger partial charge in [0.15, 0.2) is 0 Å². The summed E-state index contributed by atoms with van der Waals surface area (Å²) >= 11 is 0. The van der Waals surface area contributed by atoms with E-state index < -0.39 is 10.0 Å². The minimum Gasteiger partial charge on any atom is -0.310 e. The van der Waals surface area contributed by atoms with Crippen LogP contribution in [-0.2, 0) is 16.6 Å². The Bertz CT molecular complexity index is 607. The fourth-order valence-corrected chi connectivity index (χ4v) is 4.03. The van der Waals surface area contributed by atoms with E-state index in [0.29, 0.717) is 17.5 Å². The van der Waals surface area contributed by atoms with Gasteiger partial charge in [-0.25, -0.2) is 12.7 Å². The molecule has 1 N–H and O–H groups in total. The monoisotopic (exact) mass is 310 g/mol. The summed E-state index contributed by atoms with van der Waals surface area (Å²) < 4.78 is 26.9. The topological polar surface area (TPSA) is 49.4 Å². The summed E-state index contributed by atoms with van der Waals surface area (Å²) in [5, 5.41) is 3.44. The highest BCUT2D eigenvalue weighted by atomic mass is 32.2. The third-order valence-electron chi connectivity index (χ3n) is 4.08. The van der Waals surface area contributed by atoms with Gasteiger partial charge in [-0.05, 0) is 55.9 Å². The lowest BCUT2D eigenvalue weighted by Gasteiger charge is -2.20. The largest absolute Gasteiger partial charge is 0.310 e. The molecule has 5 heteroatoms. The fraction of sp³-hybridized carbons (Fsp3) is 0.625. The van der Waals surface area contributed by atoms with Crippen molar-refractivity contribution in [3.63, 3.8) is 0 Å². The van der Waals surface area contributed by atoms with Crippen molar-refractivity contribution < 1.29 is 8.42 Å². The summed E-state index contributed by atoms with van der Waals surface area (Å²) in [6.07, 6.45) is 3.28. The lowest BCUT2D eigenvalue weighted by atomic mass is 10.1. The highest BCUT2D eigenvalue weighted by molar-refractivity contribution is 7.89. The van der Waals surface area contributed by atoms with Gasteiger partial charge in [0.25, 0.3) is 0 Å². The van der Waals surface area contributed by atoms with Crippen LogP contribution >= 0.6 is 0 Å². The average Bonchev–Trinajstić information content (AvgIpc) is 3.24. The molecule has 118 valence electrons. The Morgan fingerprint density at radius 1 is 1.29 bits per heavy atom. The smallest absolute Gasteiger partial charge is 0.243 e. The lowest BCUT2D eigenvalue weighted by molar-refractivity contribution is 0.468. The van der Waals surface area contributed by atoms with E-state index in [2.05, 4.69) is 11.4 Å². The maximum atomic E-state index is 12.7. The van der Waals surface area contributed by atoms with Gasteiger partial charge in [0, 0.05) is 26.2 Å². The Kier molecular flexibility index (Phi) is 5.07. The third-order valence-corrected chi connectivity index (χ3v) is 6.06. The predicted molar refractivity (Wildman–Crippen MR) is 85.9 cm³/mol. The lowest BCUT2D eigenvalue weighted by Crippen LogP contribution is -2.28. The molecule has 21 heavy (non-hydrogen) atoms. The molecule has 0 bridgehead atoms. The minimum atomic E-state index is -3.39. The summed E-state index contributed by atoms with van der Waals surface area (Å²) in [4.78, 5) is 0.450. The molecule has 2 rings (SSSR count). The Morgan fingerprint density at radius 3 is 2.52 bits per heavy atom. The SMILES string of the molecule is CCCN(C)S(=O)(=O)c1cc(CNC2CC2)cc(C)c1C. The van der Waals surface area contributed by atoms with Gasteiger partial charge in [-0.2, -0.15) is 0 Å². The van der Waals surface area contributed by atoms with Crippen LogP contribution in [-0.4, -0.2) is 32.4 Å². The second-order valence-electron chi connectivity index (χ2n) is 6.02. The maximum absolute atomic E-state index is 12.7. The first-order chi connectivity index (χ1) is 9.86. The van der Waals surface area contributed by atoms with Crippen LogP contribution in [0.2, 0.25) is 0 Å². The van der Waals surface area contributed by atoms with Crippen molar-refractivity contribution in [2.24, 2.45) is 0 Å². The standard InChI is InChI=1S/C16H26N2O2S/c1-5-8-18(4)21(19,20)16-10-14(9-12(2)13(16)3)11-17-15-6-7-15/h9-10,15,17H,5-8,11H2,1-4H3. The zero-order valence-electron chi connectivity index (χ0n) is 13.4. The molecule has 0 radical (unpaired) electrons. The van der Waals surface area contributed by atoms with Crippen LogP contribution in [0.15, 0.2) is 17.0 Å². The van der Waals surface area contributed by atoms with Crippen molar-refractivity contribution in [3.05, 3.63) is 28.8 Å². The van der Waals surface area contributed by atoms with Crippen molar-refractivity contribution in [1.82, 2.24) is 9.62 Å². The first-order valence-electron chi connectivity index (χ1n) is 7.66. The van der Waals surface area contributed by atoms with Gasteiger partial charge >= 0.3 is 0 Å². The zero-order valence-corrected chi connectivity index (χ0v) is 14.3. The quantitative estimate of drug-likeness (QED) is 0.842. The van der Waals surface area contributed by atoms with Gasteiger partial charge in [0.2, 0.25) is 10.0 Å². The van der Waals surface area contributed by atoms with Crippen molar-refractivity contribution in [2.75, 3.05) is 13.6 Å². The van der Waals surface area contributed by atoms with E-state index in [1.807, 2.05) is 26.8 Å². The van der Waals surface area contributed by atoms with Crippen LogP contribution in [0.5, 0.6) is 0 Å². The molecule has 1 saturated carbocycles. The Hall–Kier alpha value is -0.910. The molecule has 0 aromatic heterocycles. The Balaban J connectivity index is 2.31. The van der Waals surface area contributed by atoms with Gasteiger partial charge in [0.1, 0.15) is 0 Å². The number of nitrogens with one attached hydrogen (secondary N) is 1. The summed E-state index contributed by atoms with van der Waals surface area (Å²) in [6.45, 7) is 7.15. The summed E-state index contributed by atoms with van der Waals surface area (Å²) in [5.74, 6) is 0. The molecule has 1 aromatic rings. The molecule has 0 aliphatic heterocycles. The number of nitrogens with zero attached hydrogens (tertiary/aromatic N) is 1. The summed E-state index contributed by atoms with van der Waals surface area (Å²) in [7, 11) is -1.74. The molecule has 1 aromatic carbocycles. The molecule has 0 atom stereocenters. The van der Waals surface area contributed by atoms with Gasteiger partial charge in [-0.15, -0.1) is 0 Å². The van der Waals surface area contributed by atoms with Crippen molar-refractivity contribution >= 4 is 10.0 Å². The van der Waals surface area contributed by atoms with Crippen molar-refractivity contribution in [1.29, 1.82) is 0 Å². The second-order valence-corrected chi connectivity index (χ2v) is 8.03. The van der Waals surface area contributed by atoms with Gasteiger partial charge in [-0.1, -0.05) is 13.0 Å². The first kappa shape index (κ1) is 16.5. The Morgan fingerprint density at radius 2 is 1.95 bits per heavy atom. The highest BCUT2D eigenvalue weighted by Crippen LogP contribution is 2.25. The molecule has 0 amide bonds. The molecule has 0 saturated heterocycles. The fourth-order valence-electron chi connectivity index (χ4n) is 2.42. The van der Waals surface area contributed by atoms with E-state index in [9.17, 15) is 8.42 Å². The van der Waals surface area contributed by atoms with Crippen LogP contribution in [0.3, 0.4) is 0 Å². The van der Waals surface area contributed by atoms with Crippen LogP contribution in [0, 0.1) is 13.8 Å².